The van der Waals surface area contributed by atoms with Crippen LogP contribution in [0.4, 0.5) is 0 Å². The van der Waals surface area contributed by atoms with Crippen LogP contribution in [0, 0.1) is 0 Å². The highest BCUT2D eigenvalue weighted by atomic mass is 32.1. The number of carbonyl (C=O) groups is 1. The van der Waals surface area contributed by atoms with Gasteiger partial charge in [0.15, 0.2) is 0 Å². The van der Waals surface area contributed by atoms with E-state index in [1.165, 1.54) is 0 Å². The first-order valence-corrected chi connectivity index (χ1v) is 6.25. The van der Waals surface area contributed by atoms with Crippen molar-refractivity contribution >= 4 is 27.5 Å². The molecule has 0 aliphatic carbocycles. The van der Waals surface area contributed by atoms with Crippen LogP contribution in [0.1, 0.15) is 10.4 Å². The third kappa shape index (κ3) is 1.87. The van der Waals surface area contributed by atoms with Gasteiger partial charge in [-0.05, 0) is 24.3 Å². The normalized spacial score (nSPS) is 10.7. The molecule has 0 spiro atoms. The number of benzene rings is 2. The number of carboxylic acid groups (broad SMARTS) is 1. The second-order valence-corrected chi connectivity index (χ2v) is 4.90. The molecule has 3 rings (SSSR count). The Morgan fingerprint density at radius 3 is 2.72 bits per heavy atom. The van der Waals surface area contributed by atoms with E-state index in [0.29, 0.717) is 0 Å². The van der Waals surface area contributed by atoms with E-state index in [2.05, 4.69) is 4.98 Å². The van der Waals surface area contributed by atoms with Crippen LogP contribution in [0.25, 0.3) is 20.8 Å². The summed E-state index contributed by atoms with van der Waals surface area (Å²) in [4.78, 5) is 15.4. The number of hydrogen-bond acceptors (Lipinski definition) is 3. The average Bonchev–Trinajstić information content (AvgIpc) is 2.82. The highest BCUT2D eigenvalue weighted by molar-refractivity contribution is 7.21. The first-order valence-electron chi connectivity index (χ1n) is 5.43. The van der Waals surface area contributed by atoms with Gasteiger partial charge in [-0.15, -0.1) is 11.3 Å². The van der Waals surface area contributed by atoms with Gasteiger partial charge in [0, 0.05) is 5.56 Å². The van der Waals surface area contributed by atoms with Crippen LogP contribution in [0.15, 0.2) is 48.5 Å². The van der Waals surface area contributed by atoms with Gasteiger partial charge < -0.3 is 5.11 Å². The molecule has 2 aromatic carbocycles. The van der Waals surface area contributed by atoms with Crippen LogP contribution in [-0.4, -0.2) is 16.1 Å². The van der Waals surface area contributed by atoms with Crippen molar-refractivity contribution in [3.05, 3.63) is 54.1 Å². The van der Waals surface area contributed by atoms with Gasteiger partial charge >= 0.3 is 5.97 Å². The molecule has 18 heavy (non-hydrogen) atoms. The van der Waals surface area contributed by atoms with Gasteiger partial charge in [0.1, 0.15) is 5.01 Å². The molecule has 0 unspecified atom stereocenters. The molecule has 3 aromatic rings. The summed E-state index contributed by atoms with van der Waals surface area (Å²) in [5.41, 5.74) is 2.07. The zero-order valence-corrected chi connectivity index (χ0v) is 10.1. The zero-order chi connectivity index (χ0) is 12.5. The fraction of sp³-hybridized carbons (Fsp3) is 0. The Morgan fingerprint density at radius 1 is 1.11 bits per heavy atom. The predicted molar refractivity (Wildman–Crippen MR) is 72.0 cm³/mol. The Kier molecular flexibility index (Phi) is 2.57. The predicted octanol–water partition coefficient (Wildman–Crippen LogP) is 3.66. The molecule has 0 aliphatic rings. The lowest BCUT2D eigenvalue weighted by molar-refractivity contribution is 0.0697. The minimum atomic E-state index is -0.919. The van der Waals surface area contributed by atoms with E-state index in [-0.39, 0.29) is 5.56 Å². The van der Waals surface area contributed by atoms with E-state index >= 15 is 0 Å². The van der Waals surface area contributed by atoms with E-state index in [1.54, 1.807) is 29.5 Å². The minimum Gasteiger partial charge on any atom is -0.478 e. The number of hydrogen-bond donors (Lipinski definition) is 1. The molecule has 0 atom stereocenters. The van der Waals surface area contributed by atoms with Gasteiger partial charge in [-0.3, -0.25) is 0 Å². The largest absolute Gasteiger partial charge is 0.478 e. The summed E-state index contributed by atoms with van der Waals surface area (Å²) in [6.45, 7) is 0. The highest BCUT2D eigenvalue weighted by Gasteiger charge is 2.08. The topological polar surface area (TPSA) is 50.2 Å². The number of nitrogens with zero attached hydrogens (tertiary/aromatic N) is 1. The van der Waals surface area contributed by atoms with E-state index < -0.39 is 5.97 Å². The molecular formula is C14H9NO2S. The van der Waals surface area contributed by atoms with Crippen molar-refractivity contribution in [2.24, 2.45) is 0 Å². The van der Waals surface area contributed by atoms with E-state index in [1.807, 2.05) is 30.3 Å². The molecule has 3 nitrogen and oxygen atoms in total. The van der Waals surface area contributed by atoms with Gasteiger partial charge in [-0.2, -0.15) is 0 Å². The van der Waals surface area contributed by atoms with Crippen LogP contribution in [0.2, 0.25) is 0 Å². The van der Waals surface area contributed by atoms with E-state index in [0.717, 1.165) is 20.8 Å². The van der Waals surface area contributed by atoms with Gasteiger partial charge in [0.05, 0.1) is 15.8 Å². The summed E-state index contributed by atoms with van der Waals surface area (Å²) in [7, 11) is 0. The minimum absolute atomic E-state index is 0.284. The number of para-hydroxylation sites is 1. The Balaban J connectivity index is 2.13. The summed E-state index contributed by atoms with van der Waals surface area (Å²) >= 11 is 1.57. The third-order valence-corrected chi connectivity index (χ3v) is 3.74. The van der Waals surface area contributed by atoms with Crippen molar-refractivity contribution in [2.75, 3.05) is 0 Å². The summed E-state index contributed by atoms with van der Waals surface area (Å²) in [6.07, 6.45) is 0. The van der Waals surface area contributed by atoms with Crippen molar-refractivity contribution in [1.82, 2.24) is 4.98 Å². The maximum Gasteiger partial charge on any atom is 0.335 e. The Labute approximate surface area is 107 Å². The zero-order valence-electron chi connectivity index (χ0n) is 9.33. The first kappa shape index (κ1) is 10.9. The summed E-state index contributed by atoms with van der Waals surface area (Å²) < 4.78 is 1.10. The molecule has 0 bridgehead atoms. The lowest BCUT2D eigenvalue weighted by atomic mass is 10.1. The van der Waals surface area contributed by atoms with Crippen molar-refractivity contribution in [1.29, 1.82) is 0 Å². The number of aromatic carboxylic acids is 1. The van der Waals surface area contributed by atoms with Crippen molar-refractivity contribution in [3.8, 4) is 10.6 Å². The summed E-state index contributed by atoms with van der Waals surface area (Å²) in [6, 6.07) is 14.7. The lowest BCUT2D eigenvalue weighted by Crippen LogP contribution is -1.95. The fourth-order valence-electron chi connectivity index (χ4n) is 1.78. The van der Waals surface area contributed by atoms with Gasteiger partial charge in [-0.25, -0.2) is 9.78 Å². The lowest BCUT2D eigenvalue weighted by Gasteiger charge is -1.97. The van der Waals surface area contributed by atoms with Crippen LogP contribution >= 0.6 is 11.3 Å². The fourth-order valence-corrected chi connectivity index (χ4v) is 2.74. The average molecular weight is 255 g/mol. The SMILES string of the molecule is O=C(O)c1cccc(-c2nc3ccccc3s2)c1. The maximum atomic E-state index is 10.9. The maximum absolute atomic E-state index is 10.9. The van der Waals surface area contributed by atoms with Crippen LogP contribution < -0.4 is 0 Å². The molecular weight excluding hydrogens is 246 g/mol. The Bertz CT molecular complexity index is 700. The van der Waals surface area contributed by atoms with Gasteiger partial charge in [-0.1, -0.05) is 24.3 Å². The molecule has 0 fully saturated rings. The molecule has 4 heteroatoms. The molecule has 88 valence electrons. The quantitative estimate of drug-likeness (QED) is 0.760. The van der Waals surface area contributed by atoms with Gasteiger partial charge in [0.25, 0.3) is 0 Å². The second-order valence-electron chi connectivity index (χ2n) is 3.87. The van der Waals surface area contributed by atoms with Crippen molar-refractivity contribution in [3.63, 3.8) is 0 Å². The van der Waals surface area contributed by atoms with Gasteiger partial charge in [0.2, 0.25) is 0 Å². The van der Waals surface area contributed by atoms with Crippen molar-refractivity contribution < 1.29 is 9.90 Å². The second kappa shape index (κ2) is 4.23. The third-order valence-electron chi connectivity index (χ3n) is 2.65. The molecule has 0 amide bonds. The first-order chi connectivity index (χ1) is 8.74. The summed E-state index contributed by atoms with van der Waals surface area (Å²) in [5, 5.41) is 9.83. The van der Waals surface area contributed by atoms with Crippen LogP contribution in [-0.2, 0) is 0 Å². The van der Waals surface area contributed by atoms with Crippen LogP contribution in [0.5, 0.6) is 0 Å². The highest BCUT2D eigenvalue weighted by Crippen LogP contribution is 2.30. The summed E-state index contributed by atoms with van der Waals surface area (Å²) in [5.74, 6) is -0.919. The molecule has 0 radical (unpaired) electrons. The number of aromatic nitrogens is 1. The number of rotatable bonds is 2. The smallest absolute Gasteiger partial charge is 0.335 e. The molecule has 0 aliphatic heterocycles. The Hall–Kier alpha value is -2.20. The standard InChI is InChI=1S/C14H9NO2S/c16-14(17)10-5-3-4-9(8-10)13-15-11-6-1-2-7-12(11)18-13/h1-8H,(H,16,17). The molecule has 0 saturated carbocycles. The van der Waals surface area contributed by atoms with E-state index in [4.69, 9.17) is 5.11 Å². The number of fused-ring (bicyclic) bond motifs is 1. The van der Waals surface area contributed by atoms with Crippen molar-refractivity contribution in [2.45, 2.75) is 0 Å². The molecule has 1 N–H and O–H groups in total. The number of thiazole rings is 1. The molecule has 1 aromatic heterocycles. The molecule has 1 heterocycles. The number of carboxylic acids is 1. The molecule has 0 saturated heterocycles. The monoisotopic (exact) mass is 255 g/mol. The van der Waals surface area contributed by atoms with Crippen LogP contribution in [0.3, 0.4) is 0 Å². The Morgan fingerprint density at radius 2 is 1.94 bits per heavy atom. The van der Waals surface area contributed by atoms with E-state index in [9.17, 15) is 4.79 Å².